The molecule has 114 valence electrons. The molecule has 2 N–H and O–H groups in total. The van der Waals surface area contributed by atoms with Crippen LogP contribution in [0.15, 0.2) is 42.5 Å². The van der Waals surface area contributed by atoms with Gasteiger partial charge >= 0.3 is 0 Å². The molecule has 0 fully saturated rings. The lowest BCUT2D eigenvalue weighted by molar-refractivity contribution is 0.188. The van der Waals surface area contributed by atoms with Gasteiger partial charge in [0.25, 0.3) is 0 Å². The number of aliphatic hydroxyl groups excluding tert-OH is 1. The van der Waals surface area contributed by atoms with Gasteiger partial charge in [-0.15, -0.1) is 0 Å². The summed E-state index contributed by atoms with van der Waals surface area (Å²) < 4.78 is 0. The van der Waals surface area contributed by atoms with Crippen molar-refractivity contribution < 1.29 is 5.11 Å². The van der Waals surface area contributed by atoms with Gasteiger partial charge in [0.05, 0.1) is 0 Å². The maximum absolute atomic E-state index is 9.28. The van der Waals surface area contributed by atoms with Crippen LogP contribution in [-0.4, -0.2) is 17.8 Å². The van der Waals surface area contributed by atoms with Gasteiger partial charge in [-0.05, 0) is 41.2 Å². The van der Waals surface area contributed by atoms with Crippen LogP contribution in [0.1, 0.15) is 45.7 Å². The highest BCUT2D eigenvalue weighted by Crippen LogP contribution is 2.26. The van der Waals surface area contributed by atoms with E-state index in [4.69, 9.17) is 0 Å². The van der Waals surface area contributed by atoms with Crippen LogP contribution in [0.4, 0.5) is 0 Å². The van der Waals surface area contributed by atoms with Gasteiger partial charge < -0.3 is 10.4 Å². The monoisotopic (exact) mass is 285 g/mol. The van der Waals surface area contributed by atoms with E-state index in [1.165, 1.54) is 16.3 Å². The molecule has 21 heavy (non-hydrogen) atoms. The number of aliphatic hydroxyl groups is 1. The molecule has 0 radical (unpaired) electrons. The van der Waals surface area contributed by atoms with E-state index in [-0.39, 0.29) is 18.1 Å². The van der Waals surface area contributed by atoms with E-state index in [0.717, 1.165) is 6.42 Å². The van der Waals surface area contributed by atoms with Crippen LogP contribution in [0, 0.1) is 5.41 Å². The summed E-state index contributed by atoms with van der Waals surface area (Å²) >= 11 is 0. The minimum atomic E-state index is 0.133. The first kappa shape index (κ1) is 16.0. The molecule has 0 aliphatic carbocycles. The standard InChI is InChI=1S/C19H27NO/c1-14(20-18(11-12-21)19(2,3)4)16-10-9-15-7-5-6-8-17(15)13-16/h5-10,13-14,18,20-21H,11-12H2,1-4H3. The molecule has 0 aliphatic heterocycles. The van der Waals surface area contributed by atoms with E-state index >= 15 is 0 Å². The third kappa shape index (κ3) is 4.05. The largest absolute Gasteiger partial charge is 0.396 e. The molecule has 0 amide bonds. The SMILES string of the molecule is CC(NC(CCO)C(C)(C)C)c1ccc2ccccc2c1. The molecule has 0 heterocycles. The van der Waals surface area contributed by atoms with Gasteiger partial charge in [0.15, 0.2) is 0 Å². The van der Waals surface area contributed by atoms with Crippen LogP contribution < -0.4 is 5.32 Å². The van der Waals surface area contributed by atoms with Crippen LogP contribution in [-0.2, 0) is 0 Å². The number of benzene rings is 2. The van der Waals surface area contributed by atoms with Crippen LogP contribution in [0.3, 0.4) is 0 Å². The van der Waals surface area contributed by atoms with Gasteiger partial charge in [-0.3, -0.25) is 0 Å². The van der Waals surface area contributed by atoms with Crippen molar-refractivity contribution in [2.75, 3.05) is 6.61 Å². The van der Waals surface area contributed by atoms with E-state index < -0.39 is 0 Å². The van der Waals surface area contributed by atoms with E-state index in [1.54, 1.807) is 0 Å². The zero-order valence-electron chi connectivity index (χ0n) is 13.6. The summed E-state index contributed by atoms with van der Waals surface area (Å²) in [6, 6.07) is 15.6. The smallest absolute Gasteiger partial charge is 0.0446 e. The van der Waals surface area contributed by atoms with Crippen LogP contribution in [0.2, 0.25) is 0 Å². The summed E-state index contributed by atoms with van der Waals surface area (Å²) in [5.41, 5.74) is 1.43. The Bertz CT molecular complexity index is 585. The Morgan fingerprint density at radius 2 is 1.71 bits per heavy atom. The predicted molar refractivity (Wildman–Crippen MR) is 90.4 cm³/mol. The van der Waals surface area contributed by atoms with E-state index in [1.807, 2.05) is 0 Å². The number of nitrogens with one attached hydrogen (secondary N) is 1. The fourth-order valence-electron chi connectivity index (χ4n) is 2.77. The molecular formula is C19H27NO. The topological polar surface area (TPSA) is 32.3 Å². The van der Waals surface area contributed by atoms with Gasteiger partial charge in [-0.1, -0.05) is 57.2 Å². The minimum absolute atomic E-state index is 0.133. The molecule has 0 aromatic heterocycles. The molecule has 0 bridgehead atoms. The zero-order chi connectivity index (χ0) is 15.5. The summed E-state index contributed by atoms with van der Waals surface area (Å²) in [5.74, 6) is 0. The molecule has 2 unspecified atom stereocenters. The summed E-state index contributed by atoms with van der Waals surface area (Å²) in [7, 11) is 0. The molecule has 0 spiro atoms. The average Bonchev–Trinajstić information content (AvgIpc) is 2.45. The van der Waals surface area contributed by atoms with Gasteiger partial charge in [-0.2, -0.15) is 0 Å². The molecule has 0 saturated heterocycles. The Morgan fingerprint density at radius 1 is 1.05 bits per heavy atom. The first-order valence-corrected chi connectivity index (χ1v) is 7.77. The van der Waals surface area contributed by atoms with Crippen molar-refractivity contribution in [2.24, 2.45) is 5.41 Å². The third-order valence-corrected chi connectivity index (χ3v) is 4.19. The zero-order valence-corrected chi connectivity index (χ0v) is 13.6. The lowest BCUT2D eigenvalue weighted by atomic mass is 9.84. The van der Waals surface area contributed by atoms with Crippen molar-refractivity contribution in [3.8, 4) is 0 Å². The normalized spacial score (nSPS) is 15.1. The van der Waals surface area contributed by atoms with Crippen molar-refractivity contribution >= 4 is 10.8 Å². The highest BCUT2D eigenvalue weighted by Gasteiger charge is 2.25. The molecule has 0 saturated carbocycles. The van der Waals surface area contributed by atoms with Gasteiger partial charge in [0.2, 0.25) is 0 Å². The van der Waals surface area contributed by atoms with Crippen molar-refractivity contribution in [3.63, 3.8) is 0 Å². The number of fused-ring (bicyclic) bond motifs is 1. The summed E-state index contributed by atoms with van der Waals surface area (Å²) in [6.07, 6.45) is 0.779. The van der Waals surface area contributed by atoms with Gasteiger partial charge in [0, 0.05) is 18.7 Å². The Hall–Kier alpha value is -1.38. The summed E-state index contributed by atoms with van der Waals surface area (Å²) in [4.78, 5) is 0. The quantitative estimate of drug-likeness (QED) is 0.859. The van der Waals surface area contributed by atoms with E-state index in [0.29, 0.717) is 6.04 Å². The molecule has 2 aromatic rings. The Balaban J connectivity index is 2.18. The Labute approximate surface area is 128 Å². The van der Waals surface area contributed by atoms with Crippen LogP contribution in [0.25, 0.3) is 10.8 Å². The Morgan fingerprint density at radius 3 is 2.33 bits per heavy atom. The second kappa shape index (κ2) is 6.59. The summed E-state index contributed by atoms with van der Waals surface area (Å²) in [6.45, 7) is 9.06. The second-order valence-corrected chi connectivity index (χ2v) is 6.93. The number of hydrogen-bond acceptors (Lipinski definition) is 2. The first-order chi connectivity index (χ1) is 9.91. The van der Waals surface area contributed by atoms with Crippen molar-refractivity contribution in [1.82, 2.24) is 5.32 Å². The summed E-state index contributed by atoms with van der Waals surface area (Å²) in [5, 5.41) is 15.5. The molecule has 2 heteroatoms. The molecule has 0 aliphatic rings. The highest BCUT2D eigenvalue weighted by molar-refractivity contribution is 5.83. The van der Waals surface area contributed by atoms with Crippen molar-refractivity contribution in [3.05, 3.63) is 48.0 Å². The number of hydrogen-bond donors (Lipinski definition) is 2. The second-order valence-electron chi connectivity index (χ2n) is 6.93. The van der Waals surface area contributed by atoms with Crippen molar-refractivity contribution in [2.45, 2.75) is 46.2 Å². The fourth-order valence-corrected chi connectivity index (χ4v) is 2.77. The molecule has 2 rings (SSSR count). The molecular weight excluding hydrogens is 258 g/mol. The van der Waals surface area contributed by atoms with Crippen molar-refractivity contribution in [1.29, 1.82) is 0 Å². The third-order valence-electron chi connectivity index (χ3n) is 4.19. The maximum Gasteiger partial charge on any atom is 0.0446 e. The van der Waals surface area contributed by atoms with E-state index in [2.05, 4.69) is 75.5 Å². The highest BCUT2D eigenvalue weighted by atomic mass is 16.3. The van der Waals surface area contributed by atoms with Gasteiger partial charge in [-0.25, -0.2) is 0 Å². The lowest BCUT2D eigenvalue weighted by Crippen LogP contribution is -2.42. The predicted octanol–water partition coefficient (Wildman–Crippen LogP) is 4.29. The minimum Gasteiger partial charge on any atom is -0.396 e. The molecule has 2 atom stereocenters. The fraction of sp³-hybridized carbons (Fsp3) is 0.474. The number of rotatable bonds is 5. The lowest BCUT2D eigenvalue weighted by Gasteiger charge is -2.34. The Kier molecular flexibility index (Phi) is 5.02. The molecule has 2 aromatic carbocycles. The first-order valence-electron chi connectivity index (χ1n) is 7.77. The van der Waals surface area contributed by atoms with Crippen LogP contribution in [0.5, 0.6) is 0 Å². The van der Waals surface area contributed by atoms with Crippen LogP contribution >= 0.6 is 0 Å². The average molecular weight is 285 g/mol. The van der Waals surface area contributed by atoms with Gasteiger partial charge in [0.1, 0.15) is 0 Å². The van der Waals surface area contributed by atoms with E-state index in [9.17, 15) is 5.11 Å². The maximum atomic E-state index is 9.28. The molecule has 2 nitrogen and oxygen atoms in total.